The van der Waals surface area contributed by atoms with Gasteiger partial charge in [-0.15, -0.1) is 0 Å². The normalized spacial score (nSPS) is 10.6. The minimum atomic E-state index is 0.573. The summed E-state index contributed by atoms with van der Waals surface area (Å²) in [5.41, 5.74) is 1.49. The van der Waals surface area contributed by atoms with Crippen molar-refractivity contribution in [3.63, 3.8) is 0 Å². The van der Waals surface area contributed by atoms with Crippen molar-refractivity contribution in [2.75, 3.05) is 6.61 Å². The lowest BCUT2D eigenvalue weighted by Crippen LogP contribution is -1.98. The number of rotatable bonds is 5. The Labute approximate surface area is 93.6 Å². The van der Waals surface area contributed by atoms with Crippen LogP contribution in [-0.2, 0) is 0 Å². The molecule has 4 heteroatoms. The van der Waals surface area contributed by atoms with Gasteiger partial charge in [0.2, 0.25) is 5.88 Å². The van der Waals surface area contributed by atoms with Crippen LogP contribution in [-0.4, -0.2) is 22.9 Å². The number of hydrogen-bond acceptors (Lipinski definition) is 3. The fourth-order valence-electron chi connectivity index (χ4n) is 1.52. The van der Waals surface area contributed by atoms with E-state index in [1.165, 1.54) is 0 Å². The zero-order chi connectivity index (χ0) is 11.4. The Morgan fingerprint density at radius 1 is 1.56 bits per heavy atom. The third-order valence-corrected chi connectivity index (χ3v) is 2.45. The number of aromatic nitrogens is 2. The molecular formula is C12H14N2O2. The van der Waals surface area contributed by atoms with Crippen LogP contribution in [0.1, 0.15) is 30.1 Å². The van der Waals surface area contributed by atoms with Crippen LogP contribution in [0.5, 0.6) is 5.88 Å². The lowest BCUT2D eigenvalue weighted by Gasteiger charge is -2.03. The van der Waals surface area contributed by atoms with Gasteiger partial charge in [-0.05, 0) is 6.42 Å². The van der Waals surface area contributed by atoms with Crippen molar-refractivity contribution in [3.05, 3.63) is 24.0 Å². The average Bonchev–Trinajstić information content (AvgIpc) is 2.71. The quantitative estimate of drug-likeness (QED) is 0.619. The second kappa shape index (κ2) is 4.79. The van der Waals surface area contributed by atoms with Crippen LogP contribution in [0, 0.1) is 0 Å². The zero-order valence-corrected chi connectivity index (χ0v) is 9.19. The Kier molecular flexibility index (Phi) is 3.19. The van der Waals surface area contributed by atoms with Gasteiger partial charge in [0.05, 0.1) is 18.3 Å². The summed E-state index contributed by atoms with van der Waals surface area (Å²) in [6, 6.07) is 1.80. The van der Waals surface area contributed by atoms with Crippen molar-refractivity contribution in [2.24, 2.45) is 0 Å². The second-order valence-corrected chi connectivity index (χ2v) is 3.63. The van der Waals surface area contributed by atoms with Gasteiger partial charge in [0.25, 0.3) is 0 Å². The molecule has 2 aromatic rings. The number of aldehydes is 1. The van der Waals surface area contributed by atoms with Crippen LogP contribution in [0.15, 0.2) is 18.5 Å². The molecule has 84 valence electrons. The van der Waals surface area contributed by atoms with Crippen LogP contribution in [0.3, 0.4) is 0 Å². The maximum atomic E-state index is 10.8. The van der Waals surface area contributed by atoms with E-state index in [0.717, 1.165) is 30.0 Å². The highest BCUT2D eigenvalue weighted by Gasteiger charge is 2.05. The maximum absolute atomic E-state index is 10.8. The van der Waals surface area contributed by atoms with Crippen molar-refractivity contribution >= 4 is 17.2 Å². The molecule has 0 unspecified atom stereocenters. The molecule has 0 amide bonds. The van der Waals surface area contributed by atoms with Gasteiger partial charge in [-0.25, -0.2) is 4.98 Å². The highest BCUT2D eigenvalue weighted by molar-refractivity contribution is 5.97. The fraction of sp³-hybridized carbons (Fsp3) is 0.333. The molecule has 2 rings (SSSR count). The number of carbonyl (C=O) groups excluding carboxylic acids is 1. The standard InChI is InChI=1S/C12H14N2O2/c1-2-3-4-16-12-5-10-9(8-15)6-13-11(10)7-14-12/h5-8,13H,2-4H2,1H3. The first kappa shape index (κ1) is 10.7. The SMILES string of the molecule is CCCCOc1cc2c(C=O)c[nH]c2cn1. The number of nitrogens with zero attached hydrogens (tertiary/aromatic N) is 1. The van der Waals surface area contributed by atoms with Gasteiger partial charge in [0, 0.05) is 23.2 Å². The minimum absolute atomic E-state index is 0.573. The first-order valence-electron chi connectivity index (χ1n) is 5.40. The van der Waals surface area contributed by atoms with Crippen LogP contribution in [0.4, 0.5) is 0 Å². The number of pyridine rings is 1. The molecular weight excluding hydrogens is 204 g/mol. The zero-order valence-electron chi connectivity index (χ0n) is 9.19. The van der Waals surface area contributed by atoms with Crippen molar-refractivity contribution in [1.29, 1.82) is 0 Å². The van der Waals surface area contributed by atoms with Crippen molar-refractivity contribution in [3.8, 4) is 5.88 Å². The number of nitrogens with one attached hydrogen (secondary N) is 1. The lowest BCUT2D eigenvalue weighted by atomic mass is 10.2. The van der Waals surface area contributed by atoms with Gasteiger partial charge in [0.1, 0.15) is 0 Å². The molecule has 0 saturated carbocycles. The number of H-pyrrole nitrogens is 1. The van der Waals surface area contributed by atoms with E-state index in [4.69, 9.17) is 4.74 Å². The molecule has 0 saturated heterocycles. The topological polar surface area (TPSA) is 55.0 Å². The second-order valence-electron chi connectivity index (χ2n) is 3.63. The molecule has 0 aromatic carbocycles. The van der Waals surface area contributed by atoms with E-state index >= 15 is 0 Å². The van der Waals surface area contributed by atoms with E-state index in [9.17, 15) is 4.79 Å². The maximum Gasteiger partial charge on any atom is 0.213 e. The molecule has 16 heavy (non-hydrogen) atoms. The van der Waals surface area contributed by atoms with Gasteiger partial charge in [-0.1, -0.05) is 13.3 Å². The highest BCUT2D eigenvalue weighted by Crippen LogP contribution is 2.20. The molecule has 0 radical (unpaired) electrons. The molecule has 0 atom stereocenters. The Morgan fingerprint density at radius 2 is 2.44 bits per heavy atom. The number of hydrogen-bond donors (Lipinski definition) is 1. The number of aromatic amines is 1. The monoisotopic (exact) mass is 218 g/mol. The molecule has 0 bridgehead atoms. The van der Waals surface area contributed by atoms with E-state index in [0.29, 0.717) is 18.1 Å². The lowest BCUT2D eigenvalue weighted by molar-refractivity contribution is 0.112. The first-order valence-corrected chi connectivity index (χ1v) is 5.40. The summed E-state index contributed by atoms with van der Waals surface area (Å²) >= 11 is 0. The van der Waals surface area contributed by atoms with Gasteiger partial charge in [0.15, 0.2) is 6.29 Å². The predicted octanol–water partition coefficient (Wildman–Crippen LogP) is 2.55. The van der Waals surface area contributed by atoms with E-state index in [1.54, 1.807) is 18.5 Å². The van der Waals surface area contributed by atoms with Gasteiger partial charge in [-0.3, -0.25) is 4.79 Å². The molecule has 2 aromatic heterocycles. The fourth-order valence-corrected chi connectivity index (χ4v) is 1.52. The number of carbonyl (C=O) groups is 1. The molecule has 0 spiro atoms. The van der Waals surface area contributed by atoms with Crippen LogP contribution in [0.25, 0.3) is 10.9 Å². The summed E-state index contributed by atoms with van der Waals surface area (Å²) in [4.78, 5) is 17.9. The molecule has 0 aliphatic heterocycles. The summed E-state index contributed by atoms with van der Waals surface area (Å²) in [6.07, 6.45) is 6.28. The van der Waals surface area contributed by atoms with E-state index in [1.807, 2.05) is 0 Å². The third-order valence-electron chi connectivity index (χ3n) is 2.45. The summed E-state index contributed by atoms with van der Waals surface area (Å²) in [5.74, 6) is 0.573. The number of fused-ring (bicyclic) bond motifs is 1. The van der Waals surface area contributed by atoms with Crippen LogP contribution < -0.4 is 4.74 Å². The summed E-state index contributed by atoms with van der Waals surface area (Å²) in [6.45, 7) is 2.77. The largest absolute Gasteiger partial charge is 0.478 e. The van der Waals surface area contributed by atoms with Gasteiger partial charge in [-0.2, -0.15) is 0 Å². The first-order chi connectivity index (χ1) is 7.85. The number of ether oxygens (including phenoxy) is 1. The molecule has 0 aliphatic carbocycles. The van der Waals surface area contributed by atoms with E-state index in [2.05, 4.69) is 16.9 Å². The van der Waals surface area contributed by atoms with Gasteiger partial charge < -0.3 is 9.72 Å². The third kappa shape index (κ3) is 2.05. The smallest absolute Gasteiger partial charge is 0.213 e. The Hall–Kier alpha value is -1.84. The molecule has 1 N–H and O–H groups in total. The Morgan fingerprint density at radius 3 is 3.19 bits per heavy atom. The highest BCUT2D eigenvalue weighted by atomic mass is 16.5. The summed E-state index contributed by atoms with van der Waals surface area (Å²) in [7, 11) is 0. The predicted molar refractivity (Wildman–Crippen MR) is 61.9 cm³/mol. The average molecular weight is 218 g/mol. The van der Waals surface area contributed by atoms with E-state index < -0.39 is 0 Å². The van der Waals surface area contributed by atoms with Gasteiger partial charge >= 0.3 is 0 Å². The van der Waals surface area contributed by atoms with Crippen molar-refractivity contribution < 1.29 is 9.53 Å². The minimum Gasteiger partial charge on any atom is -0.478 e. The van der Waals surface area contributed by atoms with E-state index in [-0.39, 0.29) is 0 Å². The molecule has 0 aliphatic rings. The summed E-state index contributed by atoms with van der Waals surface area (Å²) in [5, 5.41) is 0.858. The van der Waals surface area contributed by atoms with Crippen molar-refractivity contribution in [1.82, 2.24) is 9.97 Å². The molecule has 4 nitrogen and oxygen atoms in total. The number of unbranched alkanes of at least 4 members (excludes halogenated alkanes) is 1. The van der Waals surface area contributed by atoms with Crippen LogP contribution >= 0.6 is 0 Å². The Balaban J connectivity index is 2.24. The van der Waals surface area contributed by atoms with Crippen molar-refractivity contribution in [2.45, 2.75) is 19.8 Å². The van der Waals surface area contributed by atoms with Crippen LogP contribution in [0.2, 0.25) is 0 Å². The molecule has 2 heterocycles. The molecule has 0 fully saturated rings. The summed E-state index contributed by atoms with van der Waals surface area (Å²) < 4.78 is 5.48. The Bertz CT molecular complexity index is 491.